The summed E-state index contributed by atoms with van der Waals surface area (Å²) >= 11 is 0. The van der Waals surface area contributed by atoms with Crippen LogP contribution in [-0.4, -0.2) is 28.5 Å². The lowest BCUT2D eigenvalue weighted by Gasteiger charge is -2.21. The molecule has 0 spiro atoms. The molecule has 0 aliphatic carbocycles. The molecule has 5 heteroatoms. The topological polar surface area (TPSA) is 65.7 Å². The maximum Gasteiger partial charge on any atom is 0.163 e. The minimum Gasteiger partial charge on any atom is -0.358 e. The largest absolute Gasteiger partial charge is 0.358 e. The van der Waals surface area contributed by atoms with Crippen LogP contribution in [0.4, 0.5) is 5.82 Å². The Kier molecular flexibility index (Phi) is 4.15. The van der Waals surface area contributed by atoms with Gasteiger partial charge < -0.3 is 4.90 Å². The second-order valence-corrected chi connectivity index (χ2v) is 5.54. The summed E-state index contributed by atoms with van der Waals surface area (Å²) in [5.41, 5.74) is 1.76. The first kappa shape index (κ1) is 14.9. The minimum atomic E-state index is -0.0735. The molecule has 0 aliphatic rings. The molecule has 0 bridgehead atoms. The molecule has 1 atom stereocenters. The van der Waals surface area contributed by atoms with E-state index in [1.54, 1.807) is 12.4 Å². The Balaban J connectivity index is 2.13. The van der Waals surface area contributed by atoms with Crippen molar-refractivity contribution in [1.29, 1.82) is 5.26 Å². The molecule has 0 saturated carbocycles. The van der Waals surface area contributed by atoms with Crippen LogP contribution in [0.15, 0.2) is 48.8 Å². The van der Waals surface area contributed by atoms with Crippen LogP contribution in [0.3, 0.4) is 0 Å². The van der Waals surface area contributed by atoms with Gasteiger partial charge in [-0.3, -0.25) is 4.98 Å². The highest BCUT2D eigenvalue weighted by Gasteiger charge is 2.14. The predicted molar refractivity (Wildman–Crippen MR) is 90.8 cm³/mol. The van der Waals surface area contributed by atoms with Gasteiger partial charge in [0, 0.05) is 36.9 Å². The summed E-state index contributed by atoms with van der Waals surface area (Å²) in [7, 11) is 1.95. The molecule has 0 radical (unpaired) electrons. The average Bonchev–Trinajstić information content (AvgIpc) is 2.61. The van der Waals surface area contributed by atoms with Crippen molar-refractivity contribution in [1.82, 2.24) is 15.0 Å². The molecule has 1 aromatic carbocycles. The van der Waals surface area contributed by atoms with E-state index >= 15 is 0 Å². The zero-order valence-electron chi connectivity index (χ0n) is 13.1. The van der Waals surface area contributed by atoms with Crippen molar-refractivity contribution in [3.8, 4) is 17.5 Å². The van der Waals surface area contributed by atoms with Gasteiger partial charge in [-0.05, 0) is 31.2 Å². The lowest BCUT2D eigenvalue weighted by Crippen LogP contribution is -2.24. The third kappa shape index (κ3) is 3.11. The Labute approximate surface area is 135 Å². The van der Waals surface area contributed by atoms with Gasteiger partial charge in [0.1, 0.15) is 5.82 Å². The number of pyridine rings is 1. The molecule has 0 aliphatic heterocycles. The summed E-state index contributed by atoms with van der Waals surface area (Å²) in [5.74, 6) is 1.40. The summed E-state index contributed by atoms with van der Waals surface area (Å²) in [5, 5.41) is 10.0. The van der Waals surface area contributed by atoms with Gasteiger partial charge in [0.2, 0.25) is 0 Å². The van der Waals surface area contributed by atoms with Gasteiger partial charge in [0.25, 0.3) is 0 Å². The van der Waals surface area contributed by atoms with Crippen LogP contribution < -0.4 is 4.90 Å². The number of rotatable bonds is 4. The molecule has 0 N–H and O–H groups in total. The number of fused-ring (bicyclic) bond motifs is 1. The van der Waals surface area contributed by atoms with Crippen LogP contribution in [0.5, 0.6) is 0 Å². The van der Waals surface area contributed by atoms with Gasteiger partial charge in [-0.1, -0.05) is 12.1 Å². The fourth-order valence-corrected chi connectivity index (χ4v) is 2.51. The number of para-hydroxylation sites is 1. The van der Waals surface area contributed by atoms with Gasteiger partial charge in [0.05, 0.1) is 17.5 Å². The number of hydrogen-bond donors (Lipinski definition) is 0. The van der Waals surface area contributed by atoms with E-state index in [1.807, 2.05) is 55.3 Å². The van der Waals surface area contributed by atoms with Gasteiger partial charge in [-0.15, -0.1) is 0 Å². The van der Waals surface area contributed by atoms with E-state index in [2.05, 4.69) is 16.0 Å². The molecule has 0 fully saturated rings. The van der Waals surface area contributed by atoms with E-state index in [0.29, 0.717) is 12.4 Å². The highest BCUT2D eigenvalue weighted by Crippen LogP contribution is 2.26. The normalized spacial score (nSPS) is 11.9. The zero-order chi connectivity index (χ0) is 16.2. The first-order valence-electron chi connectivity index (χ1n) is 7.47. The quantitative estimate of drug-likeness (QED) is 0.740. The molecule has 5 nitrogen and oxygen atoms in total. The second-order valence-electron chi connectivity index (χ2n) is 5.54. The van der Waals surface area contributed by atoms with Crippen LogP contribution in [0.25, 0.3) is 22.3 Å². The summed E-state index contributed by atoms with van der Waals surface area (Å²) in [4.78, 5) is 15.5. The predicted octanol–water partition coefficient (Wildman–Crippen LogP) is 3.29. The second kappa shape index (κ2) is 6.41. The summed E-state index contributed by atoms with van der Waals surface area (Å²) in [6, 6.07) is 14.0. The molecule has 2 aromatic heterocycles. The van der Waals surface area contributed by atoms with Crippen molar-refractivity contribution in [2.75, 3.05) is 18.5 Å². The Bertz CT molecular complexity index is 854. The minimum absolute atomic E-state index is 0.0735. The van der Waals surface area contributed by atoms with E-state index in [0.717, 1.165) is 22.3 Å². The van der Waals surface area contributed by atoms with Gasteiger partial charge in [-0.25, -0.2) is 9.97 Å². The monoisotopic (exact) mass is 303 g/mol. The highest BCUT2D eigenvalue weighted by molar-refractivity contribution is 5.90. The molecule has 23 heavy (non-hydrogen) atoms. The van der Waals surface area contributed by atoms with Crippen molar-refractivity contribution >= 4 is 16.7 Å². The SMILES string of the molecule is CC(C#N)CN(C)c1nc(-c2cccnc2)nc2ccccc12. The average molecular weight is 303 g/mol. The van der Waals surface area contributed by atoms with Crippen molar-refractivity contribution in [2.45, 2.75) is 6.92 Å². The lowest BCUT2D eigenvalue weighted by molar-refractivity contribution is 0.712. The van der Waals surface area contributed by atoms with Crippen LogP contribution >= 0.6 is 0 Å². The van der Waals surface area contributed by atoms with Crippen molar-refractivity contribution < 1.29 is 0 Å². The first-order valence-corrected chi connectivity index (χ1v) is 7.47. The molecule has 0 amide bonds. The number of aromatic nitrogens is 3. The fraction of sp³-hybridized carbons (Fsp3) is 0.222. The molecule has 0 saturated heterocycles. The molecular weight excluding hydrogens is 286 g/mol. The van der Waals surface area contributed by atoms with E-state index in [9.17, 15) is 0 Å². The Hall–Kier alpha value is -3.00. The maximum absolute atomic E-state index is 9.06. The number of nitrogens with zero attached hydrogens (tertiary/aromatic N) is 5. The summed E-state index contributed by atoms with van der Waals surface area (Å²) in [6.45, 7) is 2.52. The highest BCUT2D eigenvalue weighted by atomic mass is 15.2. The first-order chi connectivity index (χ1) is 11.2. The molecule has 114 valence electrons. The summed E-state index contributed by atoms with van der Waals surface area (Å²) < 4.78 is 0. The van der Waals surface area contributed by atoms with Gasteiger partial charge in [-0.2, -0.15) is 5.26 Å². The summed E-state index contributed by atoms with van der Waals surface area (Å²) in [6.07, 6.45) is 3.48. The number of hydrogen-bond acceptors (Lipinski definition) is 5. The number of anilines is 1. The fourth-order valence-electron chi connectivity index (χ4n) is 2.51. The molecule has 1 unspecified atom stereocenters. The molecule has 3 aromatic rings. The smallest absolute Gasteiger partial charge is 0.163 e. The third-order valence-electron chi connectivity index (χ3n) is 3.63. The zero-order valence-corrected chi connectivity index (χ0v) is 13.1. The van der Waals surface area contributed by atoms with Crippen molar-refractivity contribution in [3.63, 3.8) is 0 Å². The van der Waals surface area contributed by atoms with Gasteiger partial charge in [0.15, 0.2) is 5.82 Å². The van der Waals surface area contributed by atoms with E-state index in [4.69, 9.17) is 10.2 Å². The van der Waals surface area contributed by atoms with Crippen molar-refractivity contribution in [2.24, 2.45) is 5.92 Å². The maximum atomic E-state index is 9.06. The van der Waals surface area contributed by atoms with Crippen LogP contribution in [0, 0.1) is 17.2 Å². The molecular formula is C18H17N5. The van der Waals surface area contributed by atoms with E-state index in [1.165, 1.54) is 0 Å². The number of nitriles is 1. The number of benzene rings is 1. The Morgan fingerprint density at radius 3 is 2.74 bits per heavy atom. The standard InChI is InChI=1S/C18H17N5/c1-13(10-19)12-23(2)18-15-7-3-4-8-16(15)21-17(22-18)14-6-5-9-20-11-14/h3-9,11,13H,12H2,1-2H3. The van der Waals surface area contributed by atoms with Gasteiger partial charge >= 0.3 is 0 Å². The van der Waals surface area contributed by atoms with E-state index in [-0.39, 0.29) is 5.92 Å². The Morgan fingerprint density at radius 2 is 2.00 bits per heavy atom. The lowest BCUT2D eigenvalue weighted by atomic mass is 10.1. The van der Waals surface area contributed by atoms with Crippen LogP contribution in [0.2, 0.25) is 0 Å². The van der Waals surface area contributed by atoms with E-state index < -0.39 is 0 Å². The molecule has 3 rings (SSSR count). The Morgan fingerprint density at radius 1 is 1.17 bits per heavy atom. The van der Waals surface area contributed by atoms with Crippen LogP contribution in [0.1, 0.15) is 6.92 Å². The third-order valence-corrected chi connectivity index (χ3v) is 3.63. The van der Waals surface area contributed by atoms with Crippen molar-refractivity contribution in [3.05, 3.63) is 48.8 Å². The van der Waals surface area contributed by atoms with Crippen LogP contribution in [-0.2, 0) is 0 Å². The molecule has 2 heterocycles.